The van der Waals surface area contributed by atoms with Crippen molar-refractivity contribution < 1.29 is 9.34 Å². The lowest BCUT2D eigenvalue weighted by atomic mass is 10.1. The van der Waals surface area contributed by atoms with Gasteiger partial charge in [-0.25, -0.2) is 9.97 Å². The molecule has 2 aromatic heterocycles. The molecule has 4 aromatic rings. The summed E-state index contributed by atoms with van der Waals surface area (Å²) in [4.78, 5) is 34.8. The molecule has 8 nitrogen and oxygen atoms in total. The lowest BCUT2D eigenvalue weighted by Gasteiger charge is -2.27. The molecule has 5 rings (SSSR count). The highest BCUT2D eigenvalue weighted by Crippen LogP contribution is 2.23. The Labute approximate surface area is 176 Å². The molecule has 0 saturated heterocycles. The largest absolute Gasteiger partial charge is 0.464 e. The van der Waals surface area contributed by atoms with Crippen LogP contribution in [0.2, 0.25) is 0 Å². The maximum absolute atomic E-state index is 12.9. The average molecular weight is 414 g/mol. The van der Waals surface area contributed by atoms with Gasteiger partial charge in [-0.3, -0.25) is 19.8 Å². The van der Waals surface area contributed by atoms with E-state index < -0.39 is 4.92 Å². The van der Waals surface area contributed by atoms with Gasteiger partial charge in [-0.15, -0.1) is 0 Å². The standard InChI is InChI=1S/C23H18N4O4/c28-22-17(14-31-21-7-6-18(27(29)30)10-19(21)22)13-26-9-8-20-16(12-26)11-24-23(25-20)15-4-2-1-3-5-15/h1-7,10-11,14H,8-9,12-13H2. The van der Waals surface area contributed by atoms with Crippen molar-refractivity contribution in [2.75, 3.05) is 6.54 Å². The molecule has 0 saturated carbocycles. The molecule has 8 heteroatoms. The zero-order valence-electron chi connectivity index (χ0n) is 16.5. The van der Waals surface area contributed by atoms with Crippen molar-refractivity contribution in [2.24, 2.45) is 0 Å². The SMILES string of the molecule is O=c1c(CN2CCc3nc(-c4ccccc4)ncc3C2)coc2ccc([N+](=O)[O-])cc12. The fourth-order valence-corrected chi connectivity index (χ4v) is 3.86. The first-order valence-corrected chi connectivity index (χ1v) is 9.90. The Balaban J connectivity index is 1.39. The zero-order valence-corrected chi connectivity index (χ0v) is 16.5. The van der Waals surface area contributed by atoms with E-state index in [2.05, 4.69) is 9.88 Å². The molecule has 154 valence electrons. The Hall–Kier alpha value is -3.91. The van der Waals surface area contributed by atoms with Gasteiger partial charge in [-0.2, -0.15) is 0 Å². The van der Waals surface area contributed by atoms with Crippen LogP contribution in [0.1, 0.15) is 16.8 Å². The van der Waals surface area contributed by atoms with Crippen LogP contribution < -0.4 is 5.43 Å². The molecule has 0 aliphatic carbocycles. The normalized spacial score (nSPS) is 13.8. The first-order valence-electron chi connectivity index (χ1n) is 9.90. The molecule has 0 unspecified atom stereocenters. The summed E-state index contributed by atoms with van der Waals surface area (Å²) in [6.07, 6.45) is 4.05. The highest BCUT2D eigenvalue weighted by molar-refractivity contribution is 5.79. The first kappa shape index (κ1) is 19.1. The van der Waals surface area contributed by atoms with Gasteiger partial charge < -0.3 is 4.42 Å². The summed E-state index contributed by atoms with van der Waals surface area (Å²) in [5.74, 6) is 0.713. The highest BCUT2D eigenvalue weighted by atomic mass is 16.6. The summed E-state index contributed by atoms with van der Waals surface area (Å²) in [5, 5.41) is 11.3. The number of non-ortho nitro benzene ring substituents is 1. The minimum absolute atomic E-state index is 0.129. The topological polar surface area (TPSA) is 102 Å². The van der Waals surface area contributed by atoms with Crippen molar-refractivity contribution in [2.45, 2.75) is 19.5 Å². The smallest absolute Gasteiger partial charge is 0.270 e. The number of fused-ring (bicyclic) bond motifs is 2. The lowest BCUT2D eigenvalue weighted by Crippen LogP contribution is -2.32. The average Bonchev–Trinajstić information content (AvgIpc) is 2.81. The van der Waals surface area contributed by atoms with E-state index in [1.807, 2.05) is 36.5 Å². The summed E-state index contributed by atoms with van der Waals surface area (Å²) in [5.41, 5.74) is 3.47. The van der Waals surface area contributed by atoms with Crippen molar-refractivity contribution >= 4 is 16.7 Å². The molecule has 3 heterocycles. The summed E-state index contributed by atoms with van der Waals surface area (Å²) < 4.78 is 5.56. The second-order valence-electron chi connectivity index (χ2n) is 7.52. The van der Waals surface area contributed by atoms with Crippen molar-refractivity contribution in [3.8, 4) is 11.4 Å². The lowest BCUT2D eigenvalue weighted by molar-refractivity contribution is -0.384. The Bertz CT molecular complexity index is 1350. The Morgan fingerprint density at radius 3 is 2.81 bits per heavy atom. The number of benzene rings is 2. The van der Waals surface area contributed by atoms with Gasteiger partial charge in [0.2, 0.25) is 0 Å². The van der Waals surface area contributed by atoms with Gasteiger partial charge in [-0.1, -0.05) is 30.3 Å². The fraction of sp³-hybridized carbons (Fsp3) is 0.174. The van der Waals surface area contributed by atoms with Crippen LogP contribution in [0.3, 0.4) is 0 Å². The molecule has 0 amide bonds. The Morgan fingerprint density at radius 1 is 1.16 bits per heavy atom. The van der Waals surface area contributed by atoms with E-state index in [0.29, 0.717) is 30.1 Å². The van der Waals surface area contributed by atoms with Gasteiger partial charge in [0.1, 0.15) is 5.58 Å². The second-order valence-corrected chi connectivity index (χ2v) is 7.52. The molecule has 0 bridgehead atoms. The first-order chi connectivity index (χ1) is 15.1. The third-order valence-corrected chi connectivity index (χ3v) is 5.48. The minimum Gasteiger partial charge on any atom is -0.464 e. The van der Waals surface area contributed by atoms with E-state index in [9.17, 15) is 14.9 Å². The van der Waals surface area contributed by atoms with Crippen LogP contribution >= 0.6 is 0 Å². The molecule has 0 atom stereocenters. The van der Waals surface area contributed by atoms with Crippen LogP contribution in [0.4, 0.5) is 5.69 Å². The van der Waals surface area contributed by atoms with Gasteiger partial charge >= 0.3 is 0 Å². The van der Waals surface area contributed by atoms with Crippen LogP contribution in [-0.2, 0) is 19.5 Å². The van der Waals surface area contributed by atoms with Crippen molar-refractivity contribution in [1.29, 1.82) is 0 Å². The summed E-state index contributed by atoms with van der Waals surface area (Å²) in [6.45, 7) is 1.75. The van der Waals surface area contributed by atoms with Crippen LogP contribution in [0.15, 0.2) is 70.2 Å². The maximum atomic E-state index is 12.9. The zero-order chi connectivity index (χ0) is 21.4. The van der Waals surface area contributed by atoms with E-state index in [1.54, 1.807) is 0 Å². The molecule has 0 radical (unpaired) electrons. The molecular weight excluding hydrogens is 396 g/mol. The summed E-state index contributed by atoms with van der Waals surface area (Å²) >= 11 is 0. The second kappa shape index (κ2) is 7.73. The fourth-order valence-electron chi connectivity index (χ4n) is 3.86. The summed E-state index contributed by atoms with van der Waals surface area (Å²) in [6, 6.07) is 13.9. The third-order valence-electron chi connectivity index (χ3n) is 5.48. The number of nitro benzene ring substituents is 1. The van der Waals surface area contributed by atoms with Crippen molar-refractivity contribution in [1.82, 2.24) is 14.9 Å². The minimum atomic E-state index is -0.517. The van der Waals surface area contributed by atoms with Crippen molar-refractivity contribution in [3.05, 3.63) is 98.1 Å². The van der Waals surface area contributed by atoms with Crippen LogP contribution in [0, 0.1) is 10.1 Å². The van der Waals surface area contributed by atoms with Gasteiger partial charge in [0.05, 0.1) is 22.3 Å². The van der Waals surface area contributed by atoms with Gasteiger partial charge in [0.15, 0.2) is 11.3 Å². The van der Waals surface area contributed by atoms with Gasteiger partial charge in [0, 0.05) is 61.1 Å². The monoisotopic (exact) mass is 414 g/mol. The number of rotatable bonds is 4. The maximum Gasteiger partial charge on any atom is 0.270 e. The molecule has 0 fully saturated rings. The molecule has 0 spiro atoms. The molecule has 1 aliphatic heterocycles. The number of nitrogens with zero attached hydrogens (tertiary/aromatic N) is 4. The molecule has 2 aromatic carbocycles. The van der Waals surface area contributed by atoms with E-state index >= 15 is 0 Å². The molecule has 0 N–H and O–H groups in total. The third kappa shape index (κ3) is 3.69. The predicted molar refractivity (Wildman–Crippen MR) is 114 cm³/mol. The van der Waals surface area contributed by atoms with Crippen molar-refractivity contribution in [3.63, 3.8) is 0 Å². The number of hydrogen-bond acceptors (Lipinski definition) is 7. The Morgan fingerprint density at radius 2 is 2.00 bits per heavy atom. The number of hydrogen-bond donors (Lipinski definition) is 0. The molecule has 1 aliphatic rings. The van der Waals surface area contributed by atoms with E-state index in [-0.39, 0.29) is 16.5 Å². The summed E-state index contributed by atoms with van der Waals surface area (Å²) in [7, 11) is 0. The van der Waals surface area contributed by atoms with Crippen LogP contribution in [-0.4, -0.2) is 26.3 Å². The highest BCUT2D eigenvalue weighted by Gasteiger charge is 2.21. The van der Waals surface area contributed by atoms with Gasteiger partial charge in [-0.05, 0) is 6.07 Å². The quantitative estimate of drug-likeness (QED) is 0.370. The van der Waals surface area contributed by atoms with E-state index in [4.69, 9.17) is 9.40 Å². The molecule has 31 heavy (non-hydrogen) atoms. The van der Waals surface area contributed by atoms with E-state index in [0.717, 1.165) is 29.8 Å². The predicted octanol–water partition coefficient (Wildman–Crippen LogP) is 3.72. The van der Waals surface area contributed by atoms with Crippen LogP contribution in [0.25, 0.3) is 22.4 Å². The Kier molecular flexibility index (Phi) is 4.76. The number of nitro groups is 1. The van der Waals surface area contributed by atoms with E-state index in [1.165, 1.54) is 24.5 Å². The van der Waals surface area contributed by atoms with Crippen LogP contribution in [0.5, 0.6) is 0 Å². The number of aromatic nitrogens is 2. The molecular formula is C23H18N4O4. The van der Waals surface area contributed by atoms with Gasteiger partial charge in [0.25, 0.3) is 5.69 Å².